The lowest BCUT2D eigenvalue weighted by Gasteiger charge is -2.31. The van der Waals surface area contributed by atoms with Crippen molar-refractivity contribution in [3.8, 4) is 11.5 Å². The molecule has 0 radical (unpaired) electrons. The maximum absolute atomic E-state index is 13.9. The highest BCUT2D eigenvalue weighted by Crippen LogP contribution is 2.34. The molecule has 14 heteroatoms. The number of likely N-dealkylation sites (N-methyl/N-ethyl adjacent to an activating group) is 1. The van der Waals surface area contributed by atoms with Crippen LogP contribution in [0.3, 0.4) is 0 Å². The summed E-state index contributed by atoms with van der Waals surface area (Å²) in [6.45, 7) is 2.71. The highest BCUT2D eigenvalue weighted by atomic mass is 35.5. The van der Waals surface area contributed by atoms with Crippen LogP contribution in [0.15, 0.2) is 71.6 Å². The van der Waals surface area contributed by atoms with E-state index >= 15 is 0 Å². The standard InChI is InChI=1S/C30H35ClN4O7S2/c1-21(25-9-4-5-10-29(25)42-23-8-6-7-22(31)19-23)33(2)30(36)27(13-18-43-3)32-26-12-11-24(20-28(26)35(37)38)44(39,40)34-14-16-41-17-15-34/h4-12,19-21,27,32H,13-18H2,1-3H3. The molecule has 1 N–H and O–H groups in total. The number of ether oxygens (including phenoxy) is 2. The van der Waals surface area contributed by atoms with E-state index in [0.29, 0.717) is 28.7 Å². The van der Waals surface area contributed by atoms with Crippen molar-refractivity contribution < 1.29 is 27.6 Å². The van der Waals surface area contributed by atoms with E-state index in [2.05, 4.69) is 5.32 Å². The van der Waals surface area contributed by atoms with Gasteiger partial charge >= 0.3 is 0 Å². The Labute approximate surface area is 266 Å². The summed E-state index contributed by atoms with van der Waals surface area (Å²) in [7, 11) is -2.28. The first-order valence-electron chi connectivity index (χ1n) is 13.9. The number of amides is 1. The first-order chi connectivity index (χ1) is 21.0. The van der Waals surface area contributed by atoms with Crippen molar-refractivity contribution in [3.63, 3.8) is 0 Å². The molecule has 0 bridgehead atoms. The molecule has 3 aromatic carbocycles. The second-order valence-electron chi connectivity index (χ2n) is 10.2. The van der Waals surface area contributed by atoms with Crippen LogP contribution < -0.4 is 10.1 Å². The van der Waals surface area contributed by atoms with E-state index in [4.69, 9.17) is 21.1 Å². The van der Waals surface area contributed by atoms with E-state index in [1.165, 1.54) is 16.4 Å². The van der Waals surface area contributed by atoms with Gasteiger partial charge in [-0.25, -0.2) is 8.42 Å². The number of nitro benzene ring substituents is 1. The average molecular weight is 663 g/mol. The Balaban J connectivity index is 1.58. The number of hydrogen-bond acceptors (Lipinski definition) is 9. The predicted molar refractivity (Wildman–Crippen MR) is 172 cm³/mol. The fraction of sp³-hybridized carbons (Fsp3) is 0.367. The molecule has 1 fully saturated rings. The molecule has 4 rings (SSSR count). The van der Waals surface area contributed by atoms with Gasteiger partial charge in [-0.15, -0.1) is 0 Å². The number of nitrogens with one attached hydrogen (secondary N) is 1. The number of thioether (sulfide) groups is 1. The number of carbonyl (C=O) groups excluding carboxylic acids is 1. The van der Waals surface area contributed by atoms with Crippen molar-refractivity contribution >= 4 is 50.7 Å². The highest BCUT2D eigenvalue weighted by molar-refractivity contribution is 7.98. The lowest BCUT2D eigenvalue weighted by atomic mass is 10.0. The molecule has 0 aliphatic carbocycles. The third-order valence-corrected chi connectivity index (χ3v) is 10.1. The zero-order chi connectivity index (χ0) is 31.9. The highest BCUT2D eigenvalue weighted by Gasteiger charge is 2.32. The summed E-state index contributed by atoms with van der Waals surface area (Å²) >= 11 is 7.67. The lowest BCUT2D eigenvalue weighted by Crippen LogP contribution is -2.42. The maximum atomic E-state index is 13.9. The van der Waals surface area contributed by atoms with Crippen molar-refractivity contribution in [2.45, 2.75) is 30.3 Å². The van der Waals surface area contributed by atoms with Crippen LogP contribution >= 0.6 is 23.4 Å². The molecule has 2 unspecified atom stereocenters. The number of nitrogens with zero attached hydrogens (tertiary/aromatic N) is 3. The number of sulfonamides is 1. The molecular formula is C30H35ClN4O7S2. The average Bonchev–Trinajstić information content (AvgIpc) is 3.02. The third-order valence-electron chi connectivity index (χ3n) is 7.33. The zero-order valence-electron chi connectivity index (χ0n) is 24.6. The van der Waals surface area contributed by atoms with E-state index in [0.717, 1.165) is 11.6 Å². The Hall–Kier alpha value is -3.36. The van der Waals surface area contributed by atoms with Crippen LogP contribution in [-0.4, -0.2) is 79.9 Å². The van der Waals surface area contributed by atoms with Gasteiger partial charge in [0, 0.05) is 36.8 Å². The lowest BCUT2D eigenvalue weighted by molar-refractivity contribution is -0.384. The second-order valence-corrected chi connectivity index (χ2v) is 13.5. The van der Waals surface area contributed by atoms with Gasteiger partial charge in [-0.3, -0.25) is 14.9 Å². The van der Waals surface area contributed by atoms with E-state index in [1.807, 2.05) is 37.4 Å². The van der Waals surface area contributed by atoms with Gasteiger partial charge in [0.2, 0.25) is 15.9 Å². The maximum Gasteiger partial charge on any atom is 0.293 e. The van der Waals surface area contributed by atoms with Crippen LogP contribution in [0, 0.1) is 10.1 Å². The van der Waals surface area contributed by atoms with E-state index < -0.39 is 32.7 Å². The topological polar surface area (TPSA) is 131 Å². The van der Waals surface area contributed by atoms with Gasteiger partial charge in [0.15, 0.2) is 0 Å². The van der Waals surface area contributed by atoms with Gasteiger partial charge in [0.1, 0.15) is 23.2 Å². The number of hydrogen-bond donors (Lipinski definition) is 1. The summed E-state index contributed by atoms with van der Waals surface area (Å²) in [6.07, 6.45) is 2.29. The van der Waals surface area contributed by atoms with E-state index in [1.54, 1.807) is 48.0 Å². The number of rotatable bonds is 13. The zero-order valence-corrected chi connectivity index (χ0v) is 27.0. The van der Waals surface area contributed by atoms with Gasteiger partial charge in [0.25, 0.3) is 5.69 Å². The first-order valence-corrected chi connectivity index (χ1v) is 17.1. The van der Waals surface area contributed by atoms with Gasteiger partial charge in [0.05, 0.1) is 29.1 Å². The molecule has 3 aromatic rings. The number of morpholine rings is 1. The van der Waals surface area contributed by atoms with E-state index in [-0.39, 0.29) is 42.8 Å². The molecule has 1 aliphatic rings. The quantitative estimate of drug-likeness (QED) is 0.178. The Morgan fingerprint density at radius 1 is 1.16 bits per heavy atom. The van der Waals surface area contributed by atoms with Crippen molar-refractivity contribution in [1.29, 1.82) is 0 Å². The summed E-state index contributed by atoms with van der Waals surface area (Å²) in [5.41, 5.74) is 0.383. The summed E-state index contributed by atoms with van der Waals surface area (Å²) in [4.78, 5) is 26.7. The van der Waals surface area contributed by atoms with Crippen LogP contribution in [0.1, 0.15) is 24.9 Å². The summed E-state index contributed by atoms with van der Waals surface area (Å²) < 4.78 is 38.9. The van der Waals surface area contributed by atoms with E-state index in [9.17, 15) is 23.3 Å². The number of halogens is 1. The van der Waals surface area contributed by atoms with Crippen molar-refractivity contribution in [2.75, 3.05) is 50.7 Å². The molecule has 0 saturated carbocycles. The molecule has 1 saturated heterocycles. The molecule has 2 atom stereocenters. The predicted octanol–water partition coefficient (Wildman–Crippen LogP) is 5.81. The van der Waals surface area contributed by atoms with Gasteiger partial charge < -0.3 is 19.7 Å². The normalized spacial score (nSPS) is 15.3. The molecule has 11 nitrogen and oxygen atoms in total. The number of para-hydroxylation sites is 1. The number of nitro groups is 1. The van der Waals surface area contributed by atoms with Gasteiger partial charge in [-0.1, -0.05) is 35.9 Å². The number of benzene rings is 3. The van der Waals surface area contributed by atoms with Crippen LogP contribution in [0.5, 0.6) is 11.5 Å². The van der Waals surface area contributed by atoms with Crippen molar-refractivity contribution in [3.05, 3.63) is 87.4 Å². The molecule has 44 heavy (non-hydrogen) atoms. The number of anilines is 1. The minimum Gasteiger partial charge on any atom is -0.457 e. The fourth-order valence-corrected chi connectivity index (χ4v) is 6.86. The van der Waals surface area contributed by atoms with Gasteiger partial charge in [-0.05, 0) is 61.8 Å². The van der Waals surface area contributed by atoms with Crippen LogP contribution in [0.25, 0.3) is 0 Å². The van der Waals surface area contributed by atoms with Crippen LogP contribution in [0.2, 0.25) is 5.02 Å². The minimum absolute atomic E-state index is 0.0566. The van der Waals surface area contributed by atoms with Crippen LogP contribution in [0.4, 0.5) is 11.4 Å². The summed E-state index contributed by atoms with van der Waals surface area (Å²) in [6, 6.07) is 16.9. The van der Waals surface area contributed by atoms with Crippen LogP contribution in [-0.2, 0) is 19.6 Å². The van der Waals surface area contributed by atoms with Crippen molar-refractivity contribution in [1.82, 2.24) is 9.21 Å². The first kappa shape index (κ1) is 33.5. The molecule has 236 valence electrons. The third kappa shape index (κ3) is 8.02. The second kappa shape index (κ2) is 15.1. The monoisotopic (exact) mass is 662 g/mol. The SMILES string of the molecule is CSCCC(Nc1ccc(S(=O)(=O)N2CCOCC2)cc1[N+](=O)[O-])C(=O)N(C)C(C)c1ccccc1Oc1cccc(Cl)c1. The Kier molecular flexibility index (Phi) is 11.5. The largest absolute Gasteiger partial charge is 0.457 e. The molecular weight excluding hydrogens is 628 g/mol. The molecule has 0 aromatic heterocycles. The Morgan fingerprint density at radius 3 is 2.57 bits per heavy atom. The number of carbonyl (C=O) groups is 1. The molecule has 1 aliphatic heterocycles. The molecule has 1 amide bonds. The fourth-order valence-electron chi connectivity index (χ4n) is 4.78. The Morgan fingerprint density at radius 2 is 1.89 bits per heavy atom. The smallest absolute Gasteiger partial charge is 0.293 e. The molecule has 0 spiro atoms. The van der Waals surface area contributed by atoms with Crippen molar-refractivity contribution in [2.24, 2.45) is 0 Å². The Bertz CT molecular complexity index is 1590. The molecule has 1 heterocycles. The summed E-state index contributed by atoms with van der Waals surface area (Å²) in [5.74, 6) is 1.43. The summed E-state index contributed by atoms with van der Waals surface area (Å²) in [5, 5.41) is 15.7. The van der Waals surface area contributed by atoms with Gasteiger partial charge in [-0.2, -0.15) is 16.1 Å². The minimum atomic E-state index is -3.95.